The lowest BCUT2D eigenvalue weighted by Gasteiger charge is -2.14. The van der Waals surface area contributed by atoms with E-state index in [1.54, 1.807) is 6.20 Å². The number of esters is 1. The molecular weight excluding hydrogens is 296 g/mol. The molecule has 1 saturated heterocycles. The van der Waals surface area contributed by atoms with Crippen LogP contribution in [0.15, 0.2) is 22.8 Å². The molecular formula is C13H17BrN2O2. The minimum absolute atomic E-state index is 0.00884. The fourth-order valence-corrected chi connectivity index (χ4v) is 2.62. The van der Waals surface area contributed by atoms with Gasteiger partial charge < -0.3 is 4.74 Å². The molecule has 0 N–H and O–H groups in total. The first-order valence-corrected chi connectivity index (χ1v) is 6.80. The van der Waals surface area contributed by atoms with Crippen LogP contribution in [0.1, 0.15) is 12.6 Å². The lowest BCUT2D eigenvalue weighted by molar-refractivity contribution is -0.146. The fourth-order valence-electron chi connectivity index (χ4n) is 2.38. The number of hydrogen-bond donors (Lipinski definition) is 0. The number of likely N-dealkylation sites (tertiary alicyclic amines) is 1. The van der Waals surface area contributed by atoms with E-state index in [-0.39, 0.29) is 11.9 Å². The first kappa shape index (κ1) is 13.5. The molecule has 0 spiro atoms. The topological polar surface area (TPSA) is 42.4 Å². The van der Waals surface area contributed by atoms with Gasteiger partial charge in [0.2, 0.25) is 0 Å². The summed E-state index contributed by atoms with van der Waals surface area (Å²) in [7, 11) is 1.45. The zero-order valence-corrected chi connectivity index (χ0v) is 12.2. The van der Waals surface area contributed by atoms with E-state index in [1.807, 2.05) is 12.1 Å². The molecule has 1 fully saturated rings. The van der Waals surface area contributed by atoms with E-state index in [2.05, 4.69) is 32.7 Å². The van der Waals surface area contributed by atoms with Crippen molar-refractivity contribution < 1.29 is 9.53 Å². The third-order valence-corrected chi connectivity index (χ3v) is 3.84. The van der Waals surface area contributed by atoms with E-state index in [9.17, 15) is 4.79 Å². The predicted octanol–water partition coefficient (Wildman–Crippen LogP) is 2.08. The standard InChI is InChI=1S/C13H17BrN2O2/c1-9-6-16(8-12(9)13(17)18-2)7-11-4-3-10(14)5-15-11/h3-5,9,12H,6-8H2,1-2H3. The monoisotopic (exact) mass is 312 g/mol. The minimum Gasteiger partial charge on any atom is -0.469 e. The van der Waals surface area contributed by atoms with Crippen molar-refractivity contribution in [3.05, 3.63) is 28.5 Å². The number of pyridine rings is 1. The van der Waals surface area contributed by atoms with Crippen molar-refractivity contribution in [2.45, 2.75) is 13.5 Å². The first-order chi connectivity index (χ1) is 8.60. The maximum atomic E-state index is 11.6. The molecule has 2 heterocycles. The molecule has 98 valence electrons. The highest BCUT2D eigenvalue weighted by molar-refractivity contribution is 9.10. The van der Waals surface area contributed by atoms with Crippen molar-refractivity contribution in [2.24, 2.45) is 11.8 Å². The zero-order chi connectivity index (χ0) is 13.1. The Morgan fingerprint density at radius 3 is 2.94 bits per heavy atom. The molecule has 0 aromatic carbocycles. The van der Waals surface area contributed by atoms with Crippen LogP contribution < -0.4 is 0 Å². The molecule has 2 atom stereocenters. The maximum absolute atomic E-state index is 11.6. The van der Waals surface area contributed by atoms with Crippen LogP contribution in [0.25, 0.3) is 0 Å². The van der Waals surface area contributed by atoms with Gasteiger partial charge >= 0.3 is 5.97 Å². The molecule has 2 rings (SSSR count). The Kier molecular flexibility index (Phi) is 4.35. The van der Waals surface area contributed by atoms with Crippen LogP contribution in [-0.4, -0.2) is 36.1 Å². The number of ether oxygens (including phenoxy) is 1. The molecule has 1 aromatic rings. The lowest BCUT2D eigenvalue weighted by Crippen LogP contribution is -2.24. The molecule has 0 aliphatic carbocycles. The predicted molar refractivity (Wildman–Crippen MR) is 71.9 cm³/mol. The second-order valence-electron chi connectivity index (χ2n) is 4.77. The quantitative estimate of drug-likeness (QED) is 0.802. The van der Waals surface area contributed by atoms with E-state index in [0.717, 1.165) is 29.8 Å². The summed E-state index contributed by atoms with van der Waals surface area (Å²) in [5, 5.41) is 0. The molecule has 2 unspecified atom stereocenters. The summed E-state index contributed by atoms with van der Waals surface area (Å²) in [4.78, 5) is 18.2. The molecule has 4 nitrogen and oxygen atoms in total. The van der Waals surface area contributed by atoms with Gasteiger partial charge in [0.1, 0.15) is 0 Å². The summed E-state index contributed by atoms with van der Waals surface area (Å²) in [5.74, 6) is 0.229. The van der Waals surface area contributed by atoms with Crippen LogP contribution in [-0.2, 0) is 16.1 Å². The summed E-state index contributed by atoms with van der Waals surface area (Å²) in [6.07, 6.45) is 1.80. The highest BCUT2D eigenvalue weighted by atomic mass is 79.9. The fraction of sp³-hybridized carbons (Fsp3) is 0.538. The third-order valence-electron chi connectivity index (χ3n) is 3.37. The largest absolute Gasteiger partial charge is 0.469 e. The summed E-state index contributed by atoms with van der Waals surface area (Å²) >= 11 is 3.37. The number of methoxy groups -OCH3 is 1. The van der Waals surface area contributed by atoms with Crippen LogP contribution in [0.4, 0.5) is 0 Å². The van der Waals surface area contributed by atoms with Crippen LogP contribution in [0.5, 0.6) is 0 Å². The number of halogens is 1. The van der Waals surface area contributed by atoms with Gasteiger partial charge in [0.25, 0.3) is 0 Å². The number of aromatic nitrogens is 1. The summed E-state index contributed by atoms with van der Waals surface area (Å²) in [6, 6.07) is 3.99. The normalized spacial score (nSPS) is 24.2. The van der Waals surface area contributed by atoms with Crippen molar-refractivity contribution in [1.29, 1.82) is 0 Å². The maximum Gasteiger partial charge on any atom is 0.310 e. The Balaban J connectivity index is 1.96. The molecule has 1 aliphatic rings. The van der Waals surface area contributed by atoms with Crippen LogP contribution in [0.3, 0.4) is 0 Å². The smallest absolute Gasteiger partial charge is 0.310 e. The molecule has 18 heavy (non-hydrogen) atoms. The summed E-state index contributed by atoms with van der Waals surface area (Å²) in [5.41, 5.74) is 1.02. The number of nitrogens with zero attached hydrogens (tertiary/aromatic N) is 2. The van der Waals surface area contributed by atoms with E-state index in [1.165, 1.54) is 7.11 Å². The molecule has 0 radical (unpaired) electrons. The van der Waals surface area contributed by atoms with Crippen LogP contribution in [0.2, 0.25) is 0 Å². The number of hydrogen-bond acceptors (Lipinski definition) is 4. The van der Waals surface area contributed by atoms with Crippen LogP contribution >= 0.6 is 15.9 Å². The van der Waals surface area contributed by atoms with Gasteiger partial charge in [0.05, 0.1) is 18.7 Å². The van der Waals surface area contributed by atoms with Crippen LogP contribution in [0, 0.1) is 11.8 Å². The highest BCUT2D eigenvalue weighted by Gasteiger charge is 2.35. The van der Waals surface area contributed by atoms with E-state index in [0.29, 0.717) is 5.92 Å². The Morgan fingerprint density at radius 2 is 2.33 bits per heavy atom. The van der Waals surface area contributed by atoms with E-state index >= 15 is 0 Å². The van der Waals surface area contributed by atoms with Crippen molar-refractivity contribution in [3.8, 4) is 0 Å². The van der Waals surface area contributed by atoms with Crippen molar-refractivity contribution in [1.82, 2.24) is 9.88 Å². The van der Waals surface area contributed by atoms with Gasteiger partial charge in [-0.3, -0.25) is 14.7 Å². The van der Waals surface area contributed by atoms with Crippen molar-refractivity contribution in [2.75, 3.05) is 20.2 Å². The average molecular weight is 313 g/mol. The van der Waals surface area contributed by atoms with E-state index < -0.39 is 0 Å². The van der Waals surface area contributed by atoms with Gasteiger partial charge in [-0.25, -0.2) is 0 Å². The summed E-state index contributed by atoms with van der Waals surface area (Å²) in [6.45, 7) is 4.55. The number of rotatable bonds is 3. The Hall–Kier alpha value is -0.940. The Morgan fingerprint density at radius 1 is 1.56 bits per heavy atom. The molecule has 1 aromatic heterocycles. The molecule has 0 amide bonds. The molecule has 5 heteroatoms. The zero-order valence-electron chi connectivity index (χ0n) is 10.6. The van der Waals surface area contributed by atoms with Crippen molar-refractivity contribution >= 4 is 21.9 Å². The van der Waals surface area contributed by atoms with Gasteiger partial charge in [0.15, 0.2) is 0 Å². The van der Waals surface area contributed by atoms with Gasteiger partial charge in [0, 0.05) is 30.3 Å². The summed E-state index contributed by atoms with van der Waals surface area (Å²) < 4.78 is 5.81. The first-order valence-electron chi connectivity index (χ1n) is 6.00. The highest BCUT2D eigenvalue weighted by Crippen LogP contribution is 2.25. The second kappa shape index (κ2) is 5.80. The minimum atomic E-state index is -0.103. The van der Waals surface area contributed by atoms with Gasteiger partial charge in [-0.15, -0.1) is 0 Å². The van der Waals surface area contributed by atoms with E-state index in [4.69, 9.17) is 4.74 Å². The van der Waals surface area contributed by atoms with Gasteiger partial charge in [-0.1, -0.05) is 6.92 Å². The Labute approximate surface area is 115 Å². The third kappa shape index (κ3) is 3.09. The number of carbonyl (C=O) groups is 1. The van der Waals surface area contributed by atoms with Crippen molar-refractivity contribution in [3.63, 3.8) is 0 Å². The SMILES string of the molecule is COC(=O)C1CN(Cc2ccc(Br)cn2)CC1C. The molecule has 0 saturated carbocycles. The second-order valence-corrected chi connectivity index (χ2v) is 5.68. The Bertz CT molecular complexity index is 422. The number of carbonyl (C=O) groups excluding carboxylic acids is 1. The molecule has 0 bridgehead atoms. The molecule has 1 aliphatic heterocycles. The van der Waals surface area contributed by atoms with Gasteiger partial charge in [-0.2, -0.15) is 0 Å². The average Bonchev–Trinajstić information content (AvgIpc) is 2.72. The lowest BCUT2D eigenvalue weighted by atomic mass is 9.99. The van der Waals surface area contributed by atoms with Gasteiger partial charge in [-0.05, 0) is 34.0 Å².